The van der Waals surface area contributed by atoms with E-state index in [1.54, 1.807) is 6.20 Å². The summed E-state index contributed by atoms with van der Waals surface area (Å²) >= 11 is 1.17. The van der Waals surface area contributed by atoms with Crippen LogP contribution in [0.25, 0.3) is 10.9 Å². The van der Waals surface area contributed by atoms with Gasteiger partial charge >= 0.3 is 4.87 Å². The predicted octanol–water partition coefficient (Wildman–Crippen LogP) is 2.18. The molecule has 4 N–H and O–H groups in total. The van der Waals surface area contributed by atoms with E-state index < -0.39 is 0 Å². The highest BCUT2D eigenvalue weighted by atomic mass is 32.1. The number of nitrogens with zero attached hydrogens (tertiary/aromatic N) is 1. The zero-order valence-corrected chi connectivity index (χ0v) is 10.8. The summed E-state index contributed by atoms with van der Waals surface area (Å²) in [5.74, 6) is 0. The van der Waals surface area contributed by atoms with Gasteiger partial charge in [-0.25, -0.2) is 0 Å². The van der Waals surface area contributed by atoms with Gasteiger partial charge in [0.2, 0.25) is 0 Å². The lowest BCUT2D eigenvalue weighted by atomic mass is 10.1. The molecule has 2 heterocycles. The molecule has 0 spiro atoms. The number of aromatic amines is 1. The molecule has 1 aromatic carbocycles. The van der Waals surface area contributed by atoms with Crippen LogP contribution in [0.2, 0.25) is 0 Å². The number of nitrogens with one attached hydrogen (secondary N) is 2. The van der Waals surface area contributed by atoms with Crippen LogP contribution in [0, 0.1) is 0 Å². The van der Waals surface area contributed by atoms with E-state index in [2.05, 4.69) is 15.3 Å². The molecule has 0 fully saturated rings. The van der Waals surface area contributed by atoms with E-state index in [0.29, 0.717) is 12.2 Å². The van der Waals surface area contributed by atoms with Crippen LogP contribution in [0.5, 0.6) is 0 Å². The lowest BCUT2D eigenvalue weighted by molar-refractivity contribution is 1.06. The van der Waals surface area contributed by atoms with Gasteiger partial charge in [0.05, 0.1) is 12.1 Å². The van der Waals surface area contributed by atoms with Gasteiger partial charge < -0.3 is 16.0 Å². The molecule has 6 heteroatoms. The van der Waals surface area contributed by atoms with Crippen molar-refractivity contribution in [2.24, 2.45) is 0 Å². The molecule has 0 saturated carbocycles. The highest BCUT2D eigenvalue weighted by Gasteiger charge is 2.03. The van der Waals surface area contributed by atoms with Gasteiger partial charge in [0.1, 0.15) is 0 Å². The van der Waals surface area contributed by atoms with E-state index in [1.165, 1.54) is 11.3 Å². The minimum Gasteiger partial charge on any atom is -0.399 e. The molecule has 0 aliphatic carbocycles. The second kappa shape index (κ2) is 4.74. The fourth-order valence-corrected chi connectivity index (χ4v) is 2.49. The number of H-pyrrole nitrogens is 1. The summed E-state index contributed by atoms with van der Waals surface area (Å²) in [6.45, 7) is 0.572. The molecule has 0 unspecified atom stereocenters. The van der Waals surface area contributed by atoms with Gasteiger partial charge in [0.25, 0.3) is 0 Å². The quantitative estimate of drug-likeness (QED) is 0.638. The smallest absolute Gasteiger partial charge is 0.304 e. The summed E-state index contributed by atoms with van der Waals surface area (Å²) in [5.41, 5.74) is 9.13. The molecule has 3 aromatic rings. The summed E-state index contributed by atoms with van der Waals surface area (Å²) in [4.78, 5) is 18.1. The molecule has 0 saturated heterocycles. The van der Waals surface area contributed by atoms with Gasteiger partial charge in [-0.2, -0.15) is 0 Å². The summed E-state index contributed by atoms with van der Waals surface area (Å²) in [6, 6.07) is 7.54. The molecular formula is C13H12N4OS. The Morgan fingerprint density at radius 1 is 1.37 bits per heavy atom. The Morgan fingerprint density at radius 2 is 2.26 bits per heavy atom. The Bertz CT molecular complexity index is 777. The standard InChI is InChI=1S/C13H12N4OS/c14-8-1-2-10-11(3-4-15-12(10)5-8)16-6-9-7-19-13(18)17-9/h1-5,7H,6,14H2,(H,15,16)(H,17,18). The molecule has 0 atom stereocenters. The van der Waals surface area contributed by atoms with E-state index in [1.807, 2.05) is 29.6 Å². The third-order valence-electron chi connectivity index (χ3n) is 2.81. The van der Waals surface area contributed by atoms with Crippen molar-refractivity contribution in [1.29, 1.82) is 0 Å². The van der Waals surface area contributed by atoms with Crippen LogP contribution in [0.1, 0.15) is 5.69 Å². The first-order chi connectivity index (χ1) is 9.22. The Labute approximate surface area is 113 Å². The molecule has 3 rings (SSSR count). The second-order valence-electron chi connectivity index (χ2n) is 4.16. The normalized spacial score (nSPS) is 10.7. The van der Waals surface area contributed by atoms with E-state index in [4.69, 9.17) is 5.73 Å². The third-order valence-corrected chi connectivity index (χ3v) is 3.53. The van der Waals surface area contributed by atoms with Crippen molar-refractivity contribution >= 4 is 33.6 Å². The first-order valence-electron chi connectivity index (χ1n) is 5.77. The maximum absolute atomic E-state index is 11.1. The molecule has 0 radical (unpaired) electrons. The van der Waals surface area contributed by atoms with Gasteiger partial charge in [0, 0.05) is 34.0 Å². The van der Waals surface area contributed by atoms with Crippen LogP contribution < -0.4 is 15.9 Å². The lowest BCUT2D eigenvalue weighted by Crippen LogP contribution is -2.03. The van der Waals surface area contributed by atoms with Crippen LogP contribution >= 0.6 is 11.3 Å². The van der Waals surface area contributed by atoms with Crippen LogP contribution in [0.15, 0.2) is 40.6 Å². The highest BCUT2D eigenvalue weighted by Crippen LogP contribution is 2.23. The molecule has 0 bridgehead atoms. The van der Waals surface area contributed by atoms with Crippen LogP contribution in [0.4, 0.5) is 11.4 Å². The van der Waals surface area contributed by atoms with E-state index >= 15 is 0 Å². The minimum atomic E-state index is -0.0378. The second-order valence-corrected chi connectivity index (χ2v) is 5.00. The van der Waals surface area contributed by atoms with Gasteiger partial charge in [-0.05, 0) is 24.3 Å². The topological polar surface area (TPSA) is 83.8 Å². The highest BCUT2D eigenvalue weighted by molar-refractivity contribution is 7.07. The van der Waals surface area contributed by atoms with Crippen molar-refractivity contribution in [3.8, 4) is 0 Å². The predicted molar refractivity (Wildman–Crippen MR) is 78.4 cm³/mol. The number of pyridine rings is 1. The number of nitrogens with two attached hydrogens (primary N) is 1. The average molecular weight is 272 g/mol. The monoisotopic (exact) mass is 272 g/mol. The van der Waals surface area contributed by atoms with Crippen LogP contribution in [-0.2, 0) is 6.54 Å². The molecule has 0 amide bonds. The first-order valence-corrected chi connectivity index (χ1v) is 6.65. The number of hydrogen-bond acceptors (Lipinski definition) is 5. The Morgan fingerprint density at radius 3 is 3.05 bits per heavy atom. The van der Waals surface area contributed by atoms with Gasteiger partial charge in [-0.1, -0.05) is 11.3 Å². The number of aromatic nitrogens is 2. The summed E-state index contributed by atoms with van der Waals surface area (Å²) < 4.78 is 0. The molecular weight excluding hydrogens is 260 g/mol. The molecule has 96 valence electrons. The Balaban J connectivity index is 1.90. The molecule has 0 aliphatic heterocycles. The Kier molecular flexibility index (Phi) is 2.92. The van der Waals surface area contributed by atoms with E-state index in [9.17, 15) is 4.79 Å². The number of rotatable bonds is 3. The number of anilines is 2. The van der Waals surface area contributed by atoms with E-state index in [-0.39, 0.29) is 4.87 Å². The third kappa shape index (κ3) is 2.43. The fraction of sp³-hybridized carbons (Fsp3) is 0.0769. The molecule has 0 aliphatic rings. The van der Waals surface area contributed by atoms with Gasteiger partial charge in [-0.15, -0.1) is 0 Å². The number of nitrogen functional groups attached to an aromatic ring is 1. The van der Waals surface area contributed by atoms with Crippen molar-refractivity contribution in [2.75, 3.05) is 11.1 Å². The molecule has 5 nitrogen and oxygen atoms in total. The number of benzene rings is 1. The van der Waals surface area contributed by atoms with E-state index in [0.717, 1.165) is 22.3 Å². The maximum Gasteiger partial charge on any atom is 0.304 e. The van der Waals surface area contributed by atoms with Crippen molar-refractivity contribution in [1.82, 2.24) is 9.97 Å². The Hall–Kier alpha value is -2.34. The minimum absolute atomic E-state index is 0.0378. The van der Waals surface area contributed by atoms with Crippen LogP contribution in [-0.4, -0.2) is 9.97 Å². The van der Waals surface area contributed by atoms with Gasteiger partial charge in [-0.3, -0.25) is 9.78 Å². The van der Waals surface area contributed by atoms with Crippen molar-refractivity contribution in [3.63, 3.8) is 0 Å². The van der Waals surface area contributed by atoms with Crippen molar-refractivity contribution < 1.29 is 0 Å². The molecule has 19 heavy (non-hydrogen) atoms. The largest absolute Gasteiger partial charge is 0.399 e. The number of thiazole rings is 1. The summed E-state index contributed by atoms with van der Waals surface area (Å²) in [6.07, 6.45) is 1.74. The fourth-order valence-electron chi connectivity index (χ4n) is 1.91. The van der Waals surface area contributed by atoms with Crippen LogP contribution in [0.3, 0.4) is 0 Å². The first kappa shape index (κ1) is 11.7. The molecule has 2 aromatic heterocycles. The van der Waals surface area contributed by atoms with Crippen molar-refractivity contribution in [2.45, 2.75) is 6.54 Å². The zero-order valence-electron chi connectivity index (χ0n) is 10.0. The van der Waals surface area contributed by atoms with Gasteiger partial charge in [0.15, 0.2) is 0 Å². The number of fused-ring (bicyclic) bond motifs is 1. The summed E-state index contributed by atoms with van der Waals surface area (Å²) in [5, 5.41) is 6.12. The number of hydrogen-bond donors (Lipinski definition) is 3. The summed E-state index contributed by atoms with van der Waals surface area (Å²) in [7, 11) is 0. The average Bonchev–Trinajstić information content (AvgIpc) is 2.81. The zero-order chi connectivity index (χ0) is 13.2. The lowest BCUT2D eigenvalue weighted by Gasteiger charge is -2.08. The maximum atomic E-state index is 11.1. The SMILES string of the molecule is Nc1ccc2c(NCc3csc(=O)[nH]3)ccnc2c1. The van der Waals surface area contributed by atoms with Crippen molar-refractivity contribution in [3.05, 3.63) is 51.2 Å².